The molecule has 0 spiro atoms. The van der Waals surface area contributed by atoms with Crippen molar-refractivity contribution in [3.05, 3.63) is 88.2 Å². The van der Waals surface area contributed by atoms with Gasteiger partial charge in [0.15, 0.2) is 9.84 Å². The minimum absolute atomic E-state index is 0.0250. The minimum Gasteiger partial charge on any atom is -0.322 e. The van der Waals surface area contributed by atoms with Gasteiger partial charge in [0, 0.05) is 23.1 Å². The van der Waals surface area contributed by atoms with Gasteiger partial charge in [-0.3, -0.25) is 9.59 Å². The average molecular weight is 461 g/mol. The summed E-state index contributed by atoms with van der Waals surface area (Å²) in [6.45, 7) is 1.69. The van der Waals surface area contributed by atoms with Gasteiger partial charge in [0.2, 0.25) is 0 Å². The van der Waals surface area contributed by atoms with Crippen molar-refractivity contribution in [3.63, 3.8) is 0 Å². The second kappa shape index (κ2) is 8.87. The molecule has 160 valence electrons. The molecule has 0 heterocycles. The molecular formula is C22H18ClFN2O4S. The number of amides is 2. The van der Waals surface area contributed by atoms with Gasteiger partial charge in [-0.2, -0.15) is 0 Å². The van der Waals surface area contributed by atoms with Crippen molar-refractivity contribution >= 4 is 44.6 Å². The maximum atomic E-state index is 13.4. The Morgan fingerprint density at radius 2 is 1.68 bits per heavy atom. The second-order valence-electron chi connectivity index (χ2n) is 6.86. The topological polar surface area (TPSA) is 92.3 Å². The highest BCUT2D eigenvalue weighted by Gasteiger charge is 2.15. The Kier molecular flexibility index (Phi) is 6.42. The molecule has 9 heteroatoms. The number of anilines is 2. The Labute approximate surface area is 184 Å². The van der Waals surface area contributed by atoms with Crippen LogP contribution in [0.4, 0.5) is 15.8 Å². The lowest BCUT2D eigenvalue weighted by Crippen LogP contribution is -2.15. The lowest BCUT2D eigenvalue weighted by atomic mass is 10.1. The summed E-state index contributed by atoms with van der Waals surface area (Å²) in [6, 6.07) is 14.0. The van der Waals surface area contributed by atoms with Gasteiger partial charge in [-0.05, 0) is 61.0 Å². The van der Waals surface area contributed by atoms with Crippen LogP contribution < -0.4 is 10.6 Å². The van der Waals surface area contributed by atoms with Crippen molar-refractivity contribution in [2.24, 2.45) is 0 Å². The van der Waals surface area contributed by atoms with Gasteiger partial charge in [-0.25, -0.2) is 12.8 Å². The van der Waals surface area contributed by atoms with Crippen LogP contribution in [0.3, 0.4) is 0 Å². The van der Waals surface area contributed by atoms with E-state index in [4.69, 9.17) is 11.6 Å². The van der Waals surface area contributed by atoms with Gasteiger partial charge in [0.25, 0.3) is 11.8 Å². The molecule has 0 fully saturated rings. The van der Waals surface area contributed by atoms with Crippen molar-refractivity contribution in [2.45, 2.75) is 11.8 Å². The third kappa shape index (κ3) is 5.48. The molecule has 3 rings (SSSR count). The number of sulfone groups is 1. The average Bonchev–Trinajstić information content (AvgIpc) is 2.71. The lowest BCUT2D eigenvalue weighted by Gasteiger charge is -2.11. The van der Waals surface area contributed by atoms with Crippen LogP contribution in [0.25, 0.3) is 0 Å². The molecule has 0 radical (unpaired) electrons. The van der Waals surface area contributed by atoms with E-state index in [2.05, 4.69) is 10.6 Å². The van der Waals surface area contributed by atoms with Crippen LogP contribution in [0.2, 0.25) is 5.02 Å². The summed E-state index contributed by atoms with van der Waals surface area (Å²) < 4.78 is 36.8. The molecule has 3 aromatic rings. The number of nitrogens with one attached hydrogen (secondary N) is 2. The molecule has 0 aliphatic carbocycles. The minimum atomic E-state index is -3.46. The molecule has 0 atom stereocenters. The van der Waals surface area contributed by atoms with Crippen LogP contribution in [-0.2, 0) is 9.84 Å². The van der Waals surface area contributed by atoms with Gasteiger partial charge in [0.05, 0.1) is 15.6 Å². The maximum absolute atomic E-state index is 13.4. The molecule has 0 saturated heterocycles. The summed E-state index contributed by atoms with van der Waals surface area (Å²) in [5.74, 6) is -1.56. The molecule has 2 N–H and O–H groups in total. The van der Waals surface area contributed by atoms with Gasteiger partial charge in [0.1, 0.15) is 5.82 Å². The van der Waals surface area contributed by atoms with Crippen LogP contribution >= 0.6 is 11.6 Å². The van der Waals surface area contributed by atoms with Crippen molar-refractivity contribution in [2.75, 3.05) is 16.9 Å². The zero-order chi connectivity index (χ0) is 22.8. The van der Waals surface area contributed by atoms with Gasteiger partial charge in [-0.15, -0.1) is 0 Å². The second-order valence-corrected chi connectivity index (χ2v) is 9.29. The fourth-order valence-corrected chi connectivity index (χ4v) is 3.69. The summed E-state index contributed by atoms with van der Waals surface area (Å²) in [5.41, 5.74) is 1.59. The number of aryl methyl sites for hydroxylation is 1. The van der Waals surface area contributed by atoms with Crippen LogP contribution in [0.1, 0.15) is 26.3 Å². The monoisotopic (exact) mass is 460 g/mol. The molecule has 0 aromatic heterocycles. The molecule has 3 aromatic carbocycles. The number of rotatable bonds is 5. The fraction of sp³-hybridized carbons (Fsp3) is 0.0909. The highest BCUT2D eigenvalue weighted by Crippen LogP contribution is 2.27. The highest BCUT2D eigenvalue weighted by atomic mass is 35.5. The summed E-state index contributed by atoms with van der Waals surface area (Å²) in [5, 5.41) is 5.39. The van der Waals surface area contributed by atoms with Crippen LogP contribution in [0, 0.1) is 12.7 Å². The quantitative estimate of drug-likeness (QED) is 0.577. The first-order valence-electron chi connectivity index (χ1n) is 9.03. The number of halogens is 2. The summed E-state index contributed by atoms with van der Waals surface area (Å²) >= 11 is 6.23. The van der Waals surface area contributed by atoms with E-state index >= 15 is 0 Å². The van der Waals surface area contributed by atoms with Crippen molar-refractivity contribution in [1.82, 2.24) is 0 Å². The van der Waals surface area contributed by atoms with Gasteiger partial charge >= 0.3 is 0 Å². The van der Waals surface area contributed by atoms with E-state index < -0.39 is 27.5 Å². The largest absolute Gasteiger partial charge is 0.322 e. The van der Waals surface area contributed by atoms with E-state index in [1.54, 1.807) is 6.92 Å². The first kappa shape index (κ1) is 22.5. The van der Waals surface area contributed by atoms with Crippen molar-refractivity contribution in [1.29, 1.82) is 0 Å². The number of hydrogen-bond acceptors (Lipinski definition) is 4. The Hall–Kier alpha value is -3.23. The van der Waals surface area contributed by atoms with Crippen molar-refractivity contribution in [3.8, 4) is 0 Å². The molecule has 0 bridgehead atoms. The SMILES string of the molecule is Cc1ccc(F)cc1C(=O)Nc1ccc(NC(=O)c2cccc(S(C)(=O)=O)c2)c(Cl)c1. The third-order valence-corrected chi connectivity index (χ3v) is 5.87. The van der Waals surface area contributed by atoms with Gasteiger partial charge in [-0.1, -0.05) is 23.7 Å². The lowest BCUT2D eigenvalue weighted by molar-refractivity contribution is 0.101. The molecule has 0 aliphatic heterocycles. The Bertz CT molecular complexity index is 1290. The molecule has 0 unspecified atom stereocenters. The van der Waals surface area contributed by atoms with Crippen LogP contribution in [0.5, 0.6) is 0 Å². The van der Waals surface area contributed by atoms with Crippen LogP contribution in [0.15, 0.2) is 65.6 Å². The summed E-state index contributed by atoms with van der Waals surface area (Å²) in [6.07, 6.45) is 1.05. The van der Waals surface area contributed by atoms with E-state index in [1.807, 2.05) is 0 Å². The van der Waals surface area contributed by atoms with Gasteiger partial charge < -0.3 is 10.6 Å². The van der Waals surface area contributed by atoms with Crippen LogP contribution in [-0.4, -0.2) is 26.5 Å². The van der Waals surface area contributed by atoms with E-state index in [0.717, 1.165) is 12.3 Å². The Morgan fingerprint density at radius 1 is 0.935 bits per heavy atom. The number of carbonyl (C=O) groups excluding carboxylic acids is 2. The number of carbonyl (C=O) groups is 2. The summed E-state index contributed by atoms with van der Waals surface area (Å²) in [7, 11) is -3.46. The zero-order valence-corrected chi connectivity index (χ0v) is 18.1. The molecule has 0 saturated carbocycles. The smallest absolute Gasteiger partial charge is 0.256 e. The Balaban J connectivity index is 1.76. The maximum Gasteiger partial charge on any atom is 0.256 e. The van der Waals surface area contributed by atoms with E-state index in [0.29, 0.717) is 11.3 Å². The highest BCUT2D eigenvalue weighted by molar-refractivity contribution is 7.90. The summed E-state index contributed by atoms with van der Waals surface area (Å²) in [4.78, 5) is 24.9. The molecular weight excluding hydrogens is 443 g/mol. The Morgan fingerprint density at radius 3 is 2.35 bits per heavy atom. The number of hydrogen-bond donors (Lipinski definition) is 2. The van der Waals surface area contributed by atoms with E-state index in [9.17, 15) is 22.4 Å². The third-order valence-electron chi connectivity index (χ3n) is 4.44. The standard InChI is InChI=1S/C22H18ClFN2O4S/c1-13-6-7-15(24)11-18(13)22(28)25-16-8-9-20(19(23)12-16)26-21(27)14-4-3-5-17(10-14)31(2,29)30/h3-12H,1-2H3,(H,25,28)(H,26,27). The molecule has 2 amide bonds. The molecule has 0 aliphatic rings. The zero-order valence-electron chi connectivity index (χ0n) is 16.6. The van der Waals surface area contributed by atoms with Crippen molar-refractivity contribution < 1.29 is 22.4 Å². The van der Waals surface area contributed by atoms with E-state index in [-0.39, 0.29) is 26.7 Å². The molecule has 6 nitrogen and oxygen atoms in total. The first-order valence-corrected chi connectivity index (χ1v) is 11.3. The van der Waals surface area contributed by atoms with E-state index in [1.165, 1.54) is 54.6 Å². The fourth-order valence-electron chi connectivity index (χ4n) is 2.79. The normalized spacial score (nSPS) is 11.1. The predicted molar refractivity (Wildman–Crippen MR) is 118 cm³/mol. The number of benzene rings is 3. The molecule has 31 heavy (non-hydrogen) atoms. The predicted octanol–water partition coefficient (Wildman–Crippen LogP) is 4.70. The first-order chi connectivity index (χ1) is 14.5.